The zero-order valence-electron chi connectivity index (χ0n) is 12.4. The molecular weight excluding hydrogens is 286 g/mol. The van der Waals surface area contributed by atoms with Crippen molar-refractivity contribution in [3.8, 4) is 0 Å². The smallest absolute Gasteiger partial charge is 0.226 e. The number of hydrogen-bond acceptors (Lipinski definition) is 2. The first-order valence-corrected chi connectivity index (χ1v) is 8.12. The van der Waals surface area contributed by atoms with Gasteiger partial charge in [0.1, 0.15) is 11.6 Å². The van der Waals surface area contributed by atoms with Crippen LogP contribution in [0.25, 0.3) is 0 Å². The topological polar surface area (TPSA) is 32.3 Å². The van der Waals surface area contributed by atoms with Gasteiger partial charge in [-0.25, -0.2) is 8.78 Å². The molecule has 3 nitrogen and oxygen atoms in total. The van der Waals surface area contributed by atoms with Gasteiger partial charge in [-0.3, -0.25) is 4.79 Å². The number of likely N-dealkylation sites (tertiary alicyclic amines) is 1. The lowest BCUT2D eigenvalue weighted by molar-refractivity contribution is -0.132. The lowest BCUT2D eigenvalue weighted by Gasteiger charge is -2.24. The van der Waals surface area contributed by atoms with E-state index in [0.717, 1.165) is 25.9 Å². The summed E-state index contributed by atoms with van der Waals surface area (Å²) in [5, 5.41) is 3.54. The van der Waals surface area contributed by atoms with E-state index in [1.165, 1.54) is 24.6 Å². The molecule has 4 unspecified atom stereocenters. The first-order chi connectivity index (χ1) is 10.6. The second-order valence-electron chi connectivity index (χ2n) is 6.79. The molecule has 0 radical (unpaired) electrons. The minimum absolute atomic E-state index is 0.0713. The number of hydrogen-bond donors (Lipinski definition) is 1. The van der Waals surface area contributed by atoms with E-state index in [2.05, 4.69) is 5.32 Å². The average Bonchev–Trinajstić information content (AvgIpc) is 3.16. The third kappa shape index (κ3) is 2.41. The van der Waals surface area contributed by atoms with Gasteiger partial charge < -0.3 is 10.2 Å². The van der Waals surface area contributed by atoms with Gasteiger partial charge in [0.05, 0.1) is 0 Å². The lowest BCUT2D eigenvalue weighted by Crippen LogP contribution is -2.40. The van der Waals surface area contributed by atoms with E-state index < -0.39 is 11.6 Å². The van der Waals surface area contributed by atoms with Gasteiger partial charge in [0.15, 0.2) is 0 Å². The van der Waals surface area contributed by atoms with E-state index in [4.69, 9.17) is 0 Å². The summed E-state index contributed by atoms with van der Waals surface area (Å²) in [6.45, 7) is 1.49. The Bertz CT molecular complexity index is 586. The molecule has 2 saturated heterocycles. The van der Waals surface area contributed by atoms with E-state index in [-0.39, 0.29) is 23.3 Å². The van der Waals surface area contributed by atoms with Gasteiger partial charge in [-0.05, 0) is 37.8 Å². The number of nitrogens with zero attached hydrogens (tertiary/aromatic N) is 1. The number of halogens is 2. The number of benzene rings is 1. The standard InChI is InChI=1S/C17H20F2N2O/c18-14-2-1-3-15(19)16(14)12-8-13(12)17(22)21-7-6-10-4-5-11(9-21)20-10/h1-3,10-13,20H,4-9H2. The van der Waals surface area contributed by atoms with Gasteiger partial charge in [0.2, 0.25) is 5.91 Å². The Balaban J connectivity index is 1.47. The molecule has 2 bridgehead atoms. The molecule has 118 valence electrons. The van der Waals surface area contributed by atoms with Crippen molar-refractivity contribution in [2.45, 2.75) is 43.7 Å². The molecule has 0 aromatic heterocycles. The Morgan fingerprint density at radius 1 is 1.14 bits per heavy atom. The Kier molecular flexibility index (Phi) is 3.40. The van der Waals surface area contributed by atoms with Crippen LogP contribution in [0, 0.1) is 17.6 Å². The minimum atomic E-state index is -0.531. The van der Waals surface area contributed by atoms with Crippen LogP contribution in [-0.2, 0) is 4.79 Å². The molecular formula is C17H20F2N2O. The van der Waals surface area contributed by atoms with Crippen LogP contribution >= 0.6 is 0 Å². The fourth-order valence-corrected chi connectivity index (χ4v) is 4.03. The highest BCUT2D eigenvalue weighted by Gasteiger charge is 2.48. The largest absolute Gasteiger partial charge is 0.341 e. The lowest BCUT2D eigenvalue weighted by atomic mass is 10.1. The monoisotopic (exact) mass is 306 g/mol. The molecule has 22 heavy (non-hydrogen) atoms. The third-order valence-corrected chi connectivity index (χ3v) is 5.31. The molecule has 0 spiro atoms. The van der Waals surface area contributed by atoms with Crippen LogP contribution in [0.2, 0.25) is 0 Å². The summed E-state index contributed by atoms with van der Waals surface area (Å²) in [7, 11) is 0. The molecule has 2 aliphatic heterocycles. The van der Waals surface area contributed by atoms with Crippen LogP contribution < -0.4 is 5.32 Å². The number of carbonyl (C=O) groups excluding carboxylic acids is 1. The maximum atomic E-state index is 13.8. The molecule has 1 saturated carbocycles. The van der Waals surface area contributed by atoms with Gasteiger partial charge >= 0.3 is 0 Å². The minimum Gasteiger partial charge on any atom is -0.341 e. The number of carbonyl (C=O) groups is 1. The van der Waals surface area contributed by atoms with Crippen molar-refractivity contribution in [2.75, 3.05) is 13.1 Å². The van der Waals surface area contributed by atoms with Crippen LogP contribution in [0.1, 0.15) is 37.2 Å². The Morgan fingerprint density at radius 3 is 2.64 bits per heavy atom. The first-order valence-electron chi connectivity index (χ1n) is 8.12. The highest BCUT2D eigenvalue weighted by Crippen LogP contribution is 2.50. The van der Waals surface area contributed by atoms with E-state index in [0.29, 0.717) is 18.5 Å². The molecule has 1 aliphatic carbocycles. The van der Waals surface area contributed by atoms with Crippen molar-refractivity contribution in [1.29, 1.82) is 0 Å². The molecule has 3 fully saturated rings. The quantitative estimate of drug-likeness (QED) is 0.910. The summed E-state index contributed by atoms with van der Waals surface area (Å²) in [4.78, 5) is 14.6. The van der Waals surface area contributed by atoms with E-state index in [9.17, 15) is 13.6 Å². The molecule has 1 amide bonds. The normalized spacial score (nSPS) is 33.6. The van der Waals surface area contributed by atoms with Crippen molar-refractivity contribution in [3.05, 3.63) is 35.4 Å². The molecule has 5 heteroatoms. The Morgan fingerprint density at radius 2 is 1.86 bits per heavy atom. The predicted octanol–water partition coefficient (Wildman–Crippen LogP) is 2.42. The number of nitrogens with one attached hydrogen (secondary N) is 1. The van der Waals surface area contributed by atoms with Gasteiger partial charge in [0, 0.05) is 42.6 Å². The van der Waals surface area contributed by atoms with E-state index in [1.807, 2.05) is 4.90 Å². The third-order valence-electron chi connectivity index (χ3n) is 5.31. The highest BCUT2D eigenvalue weighted by molar-refractivity contribution is 5.83. The number of rotatable bonds is 2. The van der Waals surface area contributed by atoms with Gasteiger partial charge in [-0.15, -0.1) is 0 Å². The highest BCUT2D eigenvalue weighted by atomic mass is 19.1. The molecule has 1 N–H and O–H groups in total. The van der Waals surface area contributed by atoms with E-state index in [1.54, 1.807) is 0 Å². The fraction of sp³-hybridized carbons (Fsp3) is 0.588. The van der Waals surface area contributed by atoms with Crippen LogP contribution in [0.3, 0.4) is 0 Å². The predicted molar refractivity (Wildman–Crippen MR) is 78.3 cm³/mol. The molecule has 1 aromatic carbocycles. The Hall–Kier alpha value is -1.49. The maximum Gasteiger partial charge on any atom is 0.226 e. The molecule has 4 rings (SSSR count). The molecule has 3 aliphatic rings. The van der Waals surface area contributed by atoms with Gasteiger partial charge in [-0.1, -0.05) is 6.07 Å². The second-order valence-corrected chi connectivity index (χ2v) is 6.79. The molecule has 2 heterocycles. The number of amides is 1. The number of fused-ring (bicyclic) bond motifs is 2. The zero-order chi connectivity index (χ0) is 15.3. The first kappa shape index (κ1) is 14.1. The maximum absolute atomic E-state index is 13.8. The fourth-order valence-electron chi connectivity index (χ4n) is 4.03. The van der Waals surface area contributed by atoms with Crippen LogP contribution in [-0.4, -0.2) is 36.0 Å². The van der Waals surface area contributed by atoms with Crippen LogP contribution in [0.4, 0.5) is 8.78 Å². The molecule has 1 aromatic rings. The van der Waals surface area contributed by atoms with Crippen molar-refractivity contribution in [3.63, 3.8) is 0 Å². The average molecular weight is 306 g/mol. The van der Waals surface area contributed by atoms with Crippen LogP contribution in [0.5, 0.6) is 0 Å². The van der Waals surface area contributed by atoms with Gasteiger partial charge in [-0.2, -0.15) is 0 Å². The van der Waals surface area contributed by atoms with Crippen molar-refractivity contribution >= 4 is 5.91 Å². The zero-order valence-corrected chi connectivity index (χ0v) is 12.4. The molecule has 4 atom stereocenters. The summed E-state index contributed by atoms with van der Waals surface area (Å²) < 4.78 is 27.7. The summed E-state index contributed by atoms with van der Waals surface area (Å²) in [6.07, 6.45) is 3.85. The summed E-state index contributed by atoms with van der Waals surface area (Å²) in [6, 6.07) is 4.82. The second kappa shape index (κ2) is 5.30. The van der Waals surface area contributed by atoms with Gasteiger partial charge in [0.25, 0.3) is 0 Å². The van der Waals surface area contributed by atoms with Crippen molar-refractivity contribution < 1.29 is 13.6 Å². The van der Waals surface area contributed by atoms with E-state index >= 15 is 0 Å². The summed E-state index contributed by atoms with van der Waals surface area (Å²) in [5.41, 5.74) is 0.0929. The van der Waals surface area contributed by atoms with Crippen LogP contribution in [0.15, 0.2) is 18.2 Å². The summed E-state index contributed by atoms with van der Waals surface area (Å²) in [5.74, 6) is -1.53. The Labute approximate surface area is 128 Å². The SMILES string of the molecule is O=C(C1CC1c1c(F)cccc1F)N1CCC2CCC(C1)N2. The van der Waals surface area contributed by atoms with Crippen molar-refractivity contribution in [1.82, 2.24) is 10.2 Å². The van der Waals surface area contributed by atoms with Crippen molar-refractivity contribution in [2.24, 2.45) is 5.92 Å². The summed E-state index contributed by atoms with van der Waals surface area (Å²) >= 11 is 0.